The quantitative estimate of drug-likeness (QED) is 0.479. The summed E-state index contributed by atoms with van der Waals surface area (Å²) in [7, 11) is 0. The highest BCUT2D eigenvalue weighted by Gasteiger charge is 2.58. The van der Waals surface area contributed by atoms with Gasteiger partial charge in [-0.25, -0.2) is 0 Å². The van der Waals surface area contributed by atoms with Crippen molar-refractivity contribution in [1.82, 2.24) is 0 Å². The number of aliphatic hydroxyl groups excluding tert-OH is 2. The summed E-state index contributed by atoms with van der Waals surface area (Å²) in [6.45, 7) is 14.3. The van der Waals surface area contributed by atoms with Crippen molar-refractivity contribution in [2.45, 2.75) is 92.6 Å². The van der Waals surface area contributed by atoms with Gasteiger partial charge in [0, 0.05) is 0 Å². The number of allylic oxidation sites excluding steroid dienone is 4. The van der Waals surface area contributed by atoms with E-state index in [9.17, 15) is 10.2 Å². The van der Waals surface area contributed by atoms with E-state index in [0.29, 0.717) is 46.7 Å². The molecule has 30 heavy (non-hydrogen) atoms. The highest BCUT2D eigenvalue weighted by Crippen LogP contribution is 2.66. The standard InChI is InChI=1S/C28H44O2/c1-17(2)18(3)7-8-19(4)22-9-10-23-26-24(12-14-28(22,23)6)27(5)13-11-21(29)15-20(27)16-25(26)30/h7-8,16-19,21-24,29-30H,9-15H2,1-6H3/b8-7+/t18-,19+,21-,22+,23-,24-,27-,28+/m0/s1. The third kappa shape index (κ3) is 3.42. The van der Waals surface area contributed by atoms with Crippen LogP contribution in [0.15, 0.2) is 35.1 Å². The molecule has 0 aromatic carbocycles. The van der Waals surface area contributed by atoms with E-state index in [2.05, 4.69) is 59.8 Å². The Morgan fingerprint density at radius 2 is 1.70 bits per heavy atom. The van der Waals surface area contributed by atoms with Crippen LogP contribution >= 0.6 is 0 Å². The predicted octanol–water partition coefficient (Wildman–Crippen LogP) is 7.22. The molecule has 0 radical (unpaired) electrons. The van der Waals surface area contributed by atoms with Gasteiger partial charge >= 0.3 is 0 Å². The van der Waals surface area contributed by atoms with Gasteiger partial charge in [0.05, 0.1) is 6.10 Å². The van der Waals surface area contributed by atoms with Crippen molar-refractivity contribution < 1.29 is 10.2 Å². The van der Waals surface area contributed by atoms with Crippen LogP contribution < -0.4 is 0 Å². The zero-order chi connectivity index (χ0) is 21.8. The zero-order valence-corrected chi connectivity index (χ0v) is 20.1. The molecule has 2 nitrogen and oxygen atoms in total. The summed E-state index contributed by atoms with van der Waals surface area (Å²) in [5.41, 5.74) is 3.10. The molecule has 0 saturated heterocycles. The van der Waals surface area contributed by atoms with Crippen LogP contribution in [-0.2, 0) is 0 Å². The smallest absolute Gasteiger partial charge is 0.115 e. The Morgan fingerprint density at radius 1 is 0.967 bits per heavy atom. The molecule has 0 aliphatic heterocycles. The molecule has 0 spiro atoms. The first-order valence-electron chi connectivity index (χ1n) is 12.6. The van der Waals surface area contributed by atoms with Gasteiger partial charge in [0.2, 0.25) is 0 Å². The predicted molar refractivity (Wildman–Crippen MR) is 125 cm³/mol. The minimum Gasteiger partial charge on any atom is -0.508 e. The van der Waals surface area contributed by atoms with Crippen molar-refractivity contribution in [3.05, 3.63) is 35.1 Å². The van der Waals surface area contributed by atoms with E-state index in [-0.39, 0.29) is 11.5 Å². The first-order chi connectivity index (χ1) is 14.1. The number of fused-ring (bicyclic) bond motifs is 5. The van der Waals surface area contributed by atoms with E-state index in [1.54, 1.807) is 0 Å². The molecule has 0 aromatic heterocycles. The molecule has 0 heterocycles. The second-order valence-electron chi connectivity index (χ2n) is 12.0. The number of hydrogen-bond acceptors (Lipinski definition) is 2. The zero-order valence-electron chi connectivity index (χ0n) is 20.1. The second kappa shape index (κ2) is 7.84. The summed E-state index contributed by atoms with van der Waals surface area (Å²) in [6, 6.07) is 0. The Balaban J connectivity index is 1.62. The van der Waals surface area contributed by atoms with Gasteiger partial charge in [-0.15, -0.1) is 0 Å². The van der Waals surface area contributed by atoms with Crippen LogP contribution in [0.2, 0.25) is 0 Å². The highest BCUT2D eigenvalue weighted by atomic mass is 16.3. The van der Waals surface area contributed by atoms with Gasteiger partial charge in [0.15, 0.2) is 0 Å². The van der Waals surface area contributed by atoms with Crippen molar-refractivity contribution in [3.63, 3.8) is 0 Å². The molecule has 0 bridgehead atoms. The van der Waals surface area contributed by atoms with Gasteiger partial charge in [-0.2, -0.15) is 0 Å². The summed E-state index contributed by atoms with van der Waals surface area (Å²) in [6.07, 6.45) is 14.4. The molecule has 4 aliphatic rings. The Hall–Kier alpha value is -1.02. The summed E-state index contributed by atoms with van der Waals surface area (Å²) in [5.74, 6) is 4.14. The lowest BCUT2D eigenvalue weighted by Gasteiger charge is -2.55. The molecule has 4 rings (SSSR count). The third-order valence-corrected chi connectivity index (χ3v) is 10.1. The van der Waals surface area contributed by atoms with Crippen LogP contribution in [0, 0.1) is 46.3 Å². The lowest BCUT2D eigenvalue weighted by molar-refractivity contribution is 0.0331. The molecule has 3 fully saturated rings. The Bertz CT molecular complexity index is 759. The first-order valence-corrected chi connectivity index (χ1v) is 12.6. The SMILES string of the molecule is CC(C)[C@@H](C)/C=C/[C@@H](C)[C@H]1CC[C@H]2C3=C(O)C=C4C[C@@H](O)CC[C@]4(C)[C@H]3CC[C@]12C. The molecular formula is C28H44O2. The van der Waals surface area contributed by atoms with Gasteiger partial charge in [-0.1, -0.05) is 59.3 Å². The molecular weight excluding hydrogens is 368 g/mol. The average molecular weight is 413 g/mol. The molecule has 0 amide bonds. The monoisotopic (exact) mass is 412 g/mol. The van der Waals surface area contributed by atoms with Gasteiger partial charge in [-0.05, 0) is 103 Å². The van der Waals surface area contributed by atoms with Gasteiger partial charge in [-0.3, -0.25) is 0 Å². The van der Waals surface area contributed by atoms with E-state index in [1.165, 1.54) is 36.8 Å². The maximum atomic E-state index is 11.2. The average Bonchev–Trinajstić information content (AvgIpc) is 3.04. The molecule has 0 unspecified atom stereocenters. The molecule has 2 heteroatoms. The van der Waals surface area contributed by atoms with Crippen LogP contribution in [-0.4, -0.2) is 16.3 Å². The van der Waals surface area contributed by atoms with Crippen molar-refractivity contribution in [1.29, 1.82) is 0 Å². The Labute approximate surface area is 184 Å². The molecule has 168 valence electrons. The van der Waals surface area contributed by atoms with Gasteiger partial charge in [0.1, 0.15) is 5.76 Å². The van der Waals surface area contributed by atoms with E-state index in [4.69, 9.17) is 0 Å². The van der Waals surface area contributed by atoms with Crippen LogP contribution in [0.25, 0.3) is 0 Å². The van der Waals surface area contributed by atoms with Crippen LogP contribution in [0.1, 0.15) is 86.5 Å². The van der Waals surface area contributed by atoms with Crippen molar-refractivity contribution >= 4 is 0 Å². The van der Waals surface area contributed by atoms with E-state index in [0.717, 1.165) is 19.3 Å². The summed E-state index contributed by atoms with van der Waals surface area (Å²) < 4.78 is 0. The molecule has 4 aliphatic carbocycles. The third-order valence-electron chi connectivity index (χ3n) is 10.1. The van der Waals surface area contributed by atoms with Crippen molar-refractivity contribution in [2.75, 3.05) is 0 Å². The van der Waals surface area contributed by atoms with Crippen LogP contribution in [0.4, 0.5) is 0 Å². The van der Waals surface area contributed by atoms with Gasteiger partial charge < -0.3 is 10.2 Å². The van der Waals surface area contributed by atoms with Crippen LogP contribution in [0.5, 0.6) is 0 Å². The highest BCUT2D eigenvalue weighted by molar-refractivity contribution is 5.41. The fourth-order valence-corrected chi connectivity index (χ4v) is 7.66. The topological polar surface area (TPSA) is 40.5 Å². The summed E-state index contributed by atoms with van der Waals surface area (Å²) in [4.78, 5) is 0. The number of hydrogen-bond donors (Lipinski definition) is 2. The van der Waals surface area contributed by atoms with Crippen LogP contribution in [0.3, 0.4) is 0 Å². The fraction of sp³-hybridized carbons (Fsp3) is 0.786. The maximum absolute atomic E-state index is 11.2. The van der Waals surface area contributed by atoms with Crippen molar-refractivity contribution in [3.8, 4) is 0 Å². The van der Waals surface area contributed by atoms with E-state index < -0.39 is 0 Å². The Morgan fingerprint density at radius 3 is 2.40 bits per heavy atom. The van der Waals surface area contributed by atoms with E-state index in [1.807, 2.05) is 0 Å². The normalized spacial score (nSPS) is 43.3. The Kier molecular flexibility index (Phi) is 5.79. The van der Waals surface area contributed by atoms with Crippen molar-refractivity contribution in [2.24, 2.45) is 46.3 Å². The molecule has 8 atom stereocenters. The number of rotatable bonds is 4. The number of aliphatic hydroxyl groups is 2. The lowest BCUT2D eigenvalue weighted by Crippen LogP contribution is -2.47. The fourth-order valence-electron chi connectivity index (χ4n) is 7.66. The van der Waals surface area contributed by atoms with E-state index >= 15 is 0 Å². The summed E-state index contributed by atoms with van der Waals surface area (Å²) in [5, 5.41) is 21.4. The minimum absolute atomic E-state index is 0.137. The molecule has 0 aromatic rings. The molecule has 2 N–H and O–H groups in total. The largest absolute Gasteiger partial charge is 0.508 e. The second-order valence-corrected chi connectivity index (χ2v) is 12.0. The first kappa shape index (κ1) is 22.2. The van der Waals surface area contributed by atoms with Gasteiger partial charge in [0.25, 0.3) is 0 Å². The molecule has 3 saturated carbocycles. The summed E-state index contributed by atoms with van der Waals surface area (Å²) >= 11 is 0. The lowest BCUT2D eigenvalue weighted by atomic mass is 9.49. The maximum Gasteiger partial charge on any atom is 0.115 e. The minimum atomic E-state index is -0.232.